The third-order valence-electron chi connectivity index (χ3n) is 6.26. The fraction of sp³-hybridized carbons (Fsp3) is 0.409. The molecule has 2 aromatic carbocycles. The maximum absolute atomic E-state index is 13.8. The molecule has 2 amide bonds. The van der Waals surface area contributed by atoms with Crippen molar-refractivity contribution in [3.8, 4) is 0 Å². The molecule has 152 valence electrons. The van der Waals surface area contributed by atoms with Crippen molar-refractivity contribution in [2.24, 2.45) is 0 Å². The molecule has 1 atom stereocenters. The van der Waals surface area contributed by atoms with E-state index in [0.29, 0.717) is 29.9 Å². The van der Waals surface area contributed by atoms with Crippen LogP contribution in [0.1, 0.15) is 19.3 Å². The van der Waals surface area contributed by atoms with Gasteiger partial charge in [-0.3, -0.25) is 0 Å². The molecule has 2 fully saturated rings. The van der Waals surface area contributed by atoms with E-state index in [4.69, 9.17) is 0 Å². The van der Waals surface area contributed by atoms with Gasteiger partial charge in [-0.15, -0.1) is 0 Å². The minimum Gasteiger partial charge on any atom is -0.389 e. The number of β-amino-alcohol motifs (C(OH)–C–C–N with tert-alkyl or cyclic N) is 1. The van der Waals surface area contributed by atoms with Crippen LogP contribution in [0.15, 0.2) is 36.4 Å². The average molecular weight is 399 g/mol. The van der Waals surface area contributed by atoms with Gasteiger partial charge in [0.05, 0.1) is 19.2 Å². The minimum atomic E-state index is -0.783. The van der Waals surface area contributed by atoms with Crippen molar-refractivity contribution in [3.63, 3.8) is 0 Å². The maximum Gasteiger partial charge on any atom is 0.320 e. The lowest BCUT2D eigenvalue weighted by Crippen LogP contribution is -2.44. The van der Waals surface area contributed by atoms with Crippen LogP contribution >= 0.6 is 0 Å². The van der Waals surface area contributed by atoms with E-state index >= 15 is 0 Å². The summed E-state index contributed by atoms with van der Waals surface area (Å²) in [6.07, 6.45) is 2.52. The summed E-state index contributed by atoms with van der Waals surface area (Å²) < 4.78 is 29.4. The monoisotopic (exact) mass is 399 g/mol. The van der Waals surface area contributed by atoms with Crippen LogP contribution < -0.4 is 0 Å². The van der Waals surface area contributed by atoms with Gasteiger partial charge in [-0.1, -0.05) is 0 Å². The number of hydrogen-bond acceptors (Lipinski definition) is 2. The lowest BCUT2D eigenvalue weighted by atomic mass is 9.92. The van der Waals surface area contributed by atoms with Gasteiger partial charge in [-0.2, -0.15) is 0 Å². The van der Waals surface area contributed by atoms with E-state index in [-0.39, 0.29) is 30.8 Å². The molecule has 1 unspecified atom stereocenters. The fourth-order valence-electron chi connectivity index (χ4n) is 4.58. The molecule has 1 aliphatic heterocycles. The first-order chi connectivity index (χ1) is 14.0. The molecule has 5 rings (SSSR count). The Kier molecular flexibility index (Phi) is 4.42. The Morgan fingerprint density at radius 3 is 2.14 bits per heavy atom. The number of urea groups is 1. The van der Waals surface area contributed by atoms with Crippen LogP contribution in [-0.4, -0.2) is 57.3 Å². The van der Waals surface area contributed by atoms with Crippen molar-refractivity contribution < 1.29 is 18.7 Å². The van der Waals surface area contributed by atoms with Crippen LogP contribution in [0.4, 0.5) is 13.6 Å². The number of aliphatic hydroxyl groups excluding tert-OH is 1. The van der Waals surface area contributed by atoms with E-state index in [9.17, 15) is 18.7 Å². The highest BCUT2D eigenvalue weighted by Crippen LogP contribution is 2.31. The SMILES string of the molecule is O=C1N(CC(O)Cn2c3ccc(F)cc3c3cc(F)ccc32)CCN1C1CCC1. The van der Waals surface area contributed by atoms with Gasteiger partial charge in [0.2, 0.25) is 0 Å². The highest BCUT2D eigenvalue weighted by molar-refractivity contribution is 6.08. The van der Waals surface area contributed by atoms with E-state index in [0.717, 1.165) is 23.9 Å². The summed E-state index contributed by atoms with van der Waals surface area (Å²) in [7, 11) is 0. The summed E-state index contributed by atoms with van der Waals surface area (Å²) in [6, 6.07) is 9.15. The standard InChI is InChI=1S/C22H23F2N3O2/c23-14-4-6-20-18(10-14)19-11-15(24)5-7-21(19)27(20)13-17(28)12-25-8-9-26(22(25)29)16-2-1-3-16/h4-7,10-11,16-17,28H,1-3,8-9,12-13H2. The van der Waals surface area contributed by atoms with Crippen LogP contribution in [0.25, 0.3) is 21.8 Å². The zero-order chi connectivity index (χ0) is 20.1. The molecule has 29 heavy (non-hydrogen) atoms. The normalized spacial score (nSPS) is 18.8. The summed E-state index contributed by atoms with van der Waals surface area (Å²) in [5.74, 6) is -0.778. The first-order valence-corrected chi connectivity index (χ1v) is 10.1. The number of benzene rings is 2. The molecular weight excluding hydrogens is 376 g/mol. The van der Waals surface area contributed by atoms with Crippen LogP contribution in [-0.2, 0) is 6.54 Å². The molecule has 1 saturated carbocycles. The summed E-state index contributed by atoms with van der Waals surface area (Å²) in [4.78, 5) is 16.3. The second-order valence-corrected chi connectivity index (χ2v) is 8.09. The van der Waals surface area contributed by atoms with Crippen molar-refractivity contribution in [1.29, 1.82) is 0 Å². The highest BCUT2D eigenvalue weighted by atomic mass is 19.1. The number of hydrogen-bond donors (Lipinski definition) is 1. The van der Waals surface area contributed by atoms with E-state index in [2.05, 4.69) is 0 Å². The van der Waals surface area contributed by atoms with Crippen molar-refractivity contribution in [2.45, 2.75) is 38.0 Å². The number of nitrogens with zero attached hydrogens (tertiary/aromatic N) is 3. The molecule has 1 aliphatic carbocycles. The number of rotatable bonds is 5. The Hall–Kier alpha value is -2.67. The summed E-state index contributed by atoms with van der Waals surface area (Å²) in [6.45, 7) is 1.82. The number of fused-ring (bicyclic) bond motifs is 3. The Labute approximate surface area is 167 Å². The second-order valence-electron chi connectivity index (χ2n) is 8.09. The smallest absolute Gasteiger partial charge is 0.320 e. The zero-order valence-corrected chi connectivity index (χ0v) is 16.0. The molecule has 1 N–H and O–H groups in total. The predicted molar refractivity (Wildman–Crippen MR) is 107 cm³/mol. The maximum atomic E-state index is 13.8. The number of aliphatic hydroxyl groups is 1. The Balaban J connectivity index is 1.40. The summed E-state index contributed by atoms with van der Waals surface area (Å²) in [5, 5.41) is 12.0. The van der Waals surface area contributed by atoms with E-state index in [1.807, 2.05) is 9.47 Å². The molecule has 0 radical (unpaired) electrons. The molecule has 1 aromatic heterocycles. The predicted octanol–water partition coefficient (Wildman–Crippen LogP) is 3.72. The molecule has 7 heteroatoms. The lowest BCUT2D eigenvalue weighted by Gasteiger charge is -2.34. The fourth-order valence-corrected chi connectivity index (χ4v) is 4.58. The van der Waals surface area contributed by atoms with Gasteiger partial charge in [-0.25, -0.2) is 13.6 Å². The second kappa shape index (κ2) is 6.99. The number of amides is 2. The van der Waals surface area contributed by atoms with E-state index in [1.165, 1.54) is 30.7 Å². The first kappa shape index (κ1) is 18.4. The molecule has 0 bridgehead atoms. The third kappa shape index (κ3) is 3.13. The Bertz CT molecular complexity index is 1030. The molecule has 2 heterocycles. The summed E-state index contributed by atoms with van der Waals surface area (Å²) in [5.41, 5.74) is 1.46. The van der Waals surface area contributed by atoms with Crippen LogP contribution in [0, 0.1) is 11.6 Å². The van der Waals surface area contributed by atoms with Gasteiger partial charge in [0.15, 0.2) is 0 Å². The number of carbonyl (C=O) groups is 1. The zero-order valence-electron chi connectivity index (χ0n) is 16.0. The molecule has 1 saturated heterocycles. The highest BCUT2D eigenvalue weighted by Gasteiger charge is 2.36. The van der Waals surface area contributed by atoms with Crippen molar-refractivity contribution in [2.75, 3.05) is 19.6 Å². The number of carbonyl (C=O) groups excluding carboxylic acids is 1. The largest absolute Gasteiger partial charge is 0.389 e. The van der Waals surface area contributed by atoms with Gasteiger partial charge >= 0.3 is 6.03 Å². The van der Waals surface area contributed by atoms with E-state index in [1.54, 1.807) is 17.0 Å². The number of aromatic nitrogens is 1. The van der Waals surface area contributed by atoms with Gasteiger partial charge < -0.3 is 19.5 Å². The molecular formula is C22H23F2N3O2. The molecule has 3 aromatic rings. The van der Waals surface area contributed by atoms with Gasteiger partial charge in [0, 0.05) is 40.9 Å². The van der Waals surface area contributed by atoms with Crippen LogP contribution in [0.3, 0.4) is 0 Å². The lowest BCUT2D eigenvalue weighted by molar-refractivity contribution is 0.109. The molecule has 0 spiro atoms. The van der Waals surface area contributed by atoms with Gasteiger partial charge in [0.25, 0.3) is 0 Å². The molecule has 2 aliphatic rings. The van der Waals surface area contributed by atoms with Crippen LogP contribution in [0.2, 0.25) is 0 Å². The van der Waals surface area contributed by atoms with Crippen LogP contribution in [0.5, 0.6) is 0 Å². The molecule has 5 nitrogen and oxygen atoms in total. The third-order valence-corrected chi connectivity index (χ3v) is 6.26. The quantitative estimate of drug-likeness (QED) is 0.711. The first-order valence-electron chi connectivity index (χ1n) is 10.1. The topological polar surface area (TPSA) is 48.7 Å². The van der Waals surface area contributed by atoms with E-state index < -0.39 is 6.10 Å². The van der Waals surface area contributed by atoms with Crippen molar-refractivity contribution in [1.82, 2.24) is 14.4 Å². The van der Waals surface area contributed by atoms with Crippen molar-refractivity contribution in [3.05, 3.63) is 48.0 Å². The minimum absolute atomic E-state index is 0.000106. The Morgan fingerprint density at radius 1 is 0.966 bits per heavy atom. The van der Waals surface area contributed by atoms with Gasteiger partial charge in [-0.05, 0) is 55.7 Å². The summed E-state index contributed by atoms with van der Waals surface area (Å²) >= 11 is 0. The van der Waals surface area contributed by atoms with Crippen molar-refractivity contribution >= 4 is 27.8 Å². The van der Waals surface area contributed by atoms with Gasteiger partial charge in [0.1, 0.15) is 11.6 Å². The number of halogens is 2. The Morgan fingerprint density at radius 2 is 1.59 bits per heavy atom. The average Bonchev–Trinajstić information content (AvgIpc) is 3.13.